The molecule has 1 aliphatic rings. The zero-order chi connectivity index (χ0) is 19.8. The van der Waals surface area contributed by atoms with E-state index in [1.54, 1.807) is 0 Å². The second-order valence-corrected chi connectivity index (χ2v) is 7.79. The highest BCUT2D eigenvalue weighted by atomic mass is 16.5. The fourth-order valence-electron chi connectivity index (χ4n) is 3.68. The fourth-order valence-corrected chi connectivity index (χ4v) is 3.68. The van der Waals surface area contributed by atoms with Gasteiger partial charge in [-0.25, -0.2) is 0 Å². The highest BCUT2D eigenvalue weighted by Crippen LogP contribution is 2.20. The summed E-state index contributed by atoms with van der Waals surface area (Å²) < 4.78 is 5.95. The summed E-state index contributed by atoms with van der Waals surface area (Å²) in [6, 6.07) is 16.4. The first-order valence-electron chi connectivity index (χ1n) is 10.4. The Morgan fingerprint density at radius 3 is 2.61 bits per heavy atom. The number of amides is 1. The number of carbonyl (C=O) groups excluding carboxylic acids is 1. The second-order valence-electron chi connectivity index (χ2n) is 7.79. The second kappa shape index (κ2) is 10.3. The average Bonchev–Trinajstić information content (AvgIpc) is 2.73. The lowest BCUT2D eigenvalue weighted by Gasteiger charge is -2.31. The standard InChI is InChI=1S/C24H32N2O2/c1-19-9-10-20(2)23(17-19)28-16-6-13-26-14-11-22(12-15-26)24(27)25-18-21-7-4-3-5-8-21/h3-5,7-10,17,22H,6,11-16,18H2,1-2H3,(H,25,27). The minimum Gasteiger partial charge on any atom is -0.493 e. The van der Waals surface area contributed by atoms with Crippen molar-refractivity contribution in [2.45, 2.75) is 39.7 Å². The number of hydrogen-bond acceptors (Lipinski definition) is 3. The average molecular weight is 381 g/mol. The number of aryl methyl sites for hydroxylation is 2. The molecule has 0 radical (unpaired) electrons. The number of carbonyl (C=O) groups is 1. The first kappa shape index (κ1) is 20.4. The lowest BCUT2D eigenvalue weighted by atomic mass is 9.95. The van der Waals surface area contributed by atoms with Crippen molar-refractivity contribution >= 4 is 5.91 Å². The van der Waals surface area contributed by atoms with E-state index in [9.17, 15) is 4.79 Å². The van der Waals surface area contributed by atoms with E-state index in [0.29, 0.717) is 6.54 Å². The number of ether oxygens (including phenoxy) is 1. The van der Waals surface area contributed by atoms with E-state index < -0.39 is 0 Å². The molecule has 2 aromatic rings. The van der Waals surface area contributed by atoms with Crippen LogP contribution >= 0.6 is 0 Å². The van der Waals surface area contributed by atoms with E-state index in [0.717, 1.165) is 56.8 Å². The molecule has 0 unspecified atom stereocenters. The van der Waals surface area contributed by atoms with Crippen LogP contribution in [0.25, 0.3) is 0 Å². The molecule has 1 saturated heterocycles. The SMILES string of the molecule is Cc1ccc(C)c(OCCCN2CCC(C(=O)NCc3ccccc3)CC2)c1. The maximum absolute atomic E-state index is 12.4. The lowest BCUT2D eigenvalue weighted by Crippen LogP contribution is -2.40. The summed E-state index contributed by atoms with van der Waals surface area (Å²) in [4.78, 5) is 14.9. The smallest absolute Gasteiger partial charge is 0.223 e. The van der Waals surface area contributed by atoms with Crippen molar-refractivity contribution in [1.82, 2.24) is 10.2 Å². The lowest BCUT2D eigenvalue weighted by molar-refractivity contribution is -0.126. The molecule has 4 nitrogen and oxygen atoms in total. The first-order chi connectivity index (χ1) is 13.6. The minimum absolute atomic E-state index is 0.145. The van der Waals surface area contributed by atoms with E-state index in [1.165, 1.54) is 11.1 Å². The van der Waals surface area contributed by atoms with Gasteiger partial charge in [0.2, 0.25) is 5.91 Å². The maximum Gasteiger partial charge on any atom is 0.223 e. The molecule has 150 valence electrons. The molecule has 1 heterocycles. The molecule has 0 aromatic heterocycles. The Morgan fingerprint density at radius 2 is 1.86 bits per heavy atom. The van der Waals surface area contributed by atoms with Gasteiger partial charge in [-0.2, -0.15) is 0 Å². The van der Waals surface area contributed by atoms with Crippen molar-refractivity contribution < 1.29 is 9.53 Å². The van der Waals surface area contributed by atoms with Gasteiger partial charge in [-0.05, 0) is 69.0 Å². The fraction of sp³-hybridized carbons (Fsp3) is 0.458. The van der Waals surface area contributed by atoms with E-state index in [1.807, 2.05) is 30.3 Å². The summed E-state index contributed by atoms with van der Waals surface area (Å²) in [7, 11) is 0. The Kier molecular flexibility index (Phi) is 7.49. The molecule has 0 aliphatic carbocycles. The van der Waals surface area contributed by atoms with Gasteiger partial charge in [-0.1, -0.05) is 42.5 Å². The molecule has 1 aliphatic heterocycles. The van der Waals surface area contributed by atoms with Crippen molar-refractivity contribution in [2.24, 2.45) is 5.92 Å². The topological polar surface area (TPSA) is 41.6 Å². The zero-order valence-corrected chi connectivity index (χ0v) is 17.1. The van der Waals surface area contributed by atoms with Crippen LogP contribution in [0.2, 0.25) is 0 Å². The number of likely N-dealkylation sites (tertiary alicyclic amines) is 1. The molecular formula is C24H32N2O2. The van der Waals surface area contributed by atoms with Crippen molar-refractivity contribution in [3.05, 3.63) is 65.2 Å². The van der Waals surface area contributed by atoms with Crippen LogP contribution in [0.3, 0.4) is 0 Å². The zero-order valence-electron chi connectivity index (χ0n) is 17.1. The number of piperidine rings is 1. The molecule has 28 heavy (non-hydrogen) atoms. The minimum atomic E-state index is 0.145. The van der Waals surface area contributed by atoms with Gasteiger partial charge in [0, 0.05) is 19.0 Å². The Balaban J connectivity index is 1.31. The summed E-state index contributed by atoms with van der Waals surface area (Å²) in [6.45, 7) is 8.55. The monoisotopic (exact) mass is 380 g/mol. The third kappa shape index (κ3) is 6.10. The largest absolute Gasteiger partial charge is 0.493 e. The molecule has 0 spiro atoms. The summed E-state index contributed by atoms with van der Waals surface area (Å²) >= 11 is 0. The Bertz CT molecular complexity index is 752. The highest BCUT2D eigenvalue weighted by Gasteiger charge is 2.24. The van der Waals surface area contributed by atoms with Gasteiger partial charge in [0.15, 0.2) is 0 Å². The molecular weight excluding hydrogens is 348 g/mol. The van der Waals surface area contributed by atoms with Crippen LogP contribution in [-0.4, -0.2) is 37.0 Å². The van der Waals surface area contributed by atoms with Gasteiger partial charge >= 0.3 is 0 Å². The predicted molar refractivity (Wildman–Crippen MR) is 113 cm³/mol. The first-order valence-corrected chi connectivity index (χ1v) is 10.4. The van der Waals surface area contributed by atoms with Crippen LogP contribution in [0.15, 0.2) is 48.5 Å². The number of benzene rings is 2. The van der Waals surface area contributed by atoms with Crippen LogP contribution in [0, 0.1) is 19.8 Å². The molecule has 2 aromatic carbocycles. The van der Waals surface area contributed by atoms with Crippen LogP contribution in [0.5, 0.6) is 5.75 Å². The molecule has 3 rings (SSSR count). The molecule has 0 saturated carbocycles. The molecule has 1 N–H and O–H groups in total. The number of hydrogen-bond donors (Lipinski definition) is 1. The normalized spacial score (nSPS) is 15.4. The maximum atomic E-state index is 12.4. The van der Waals surface area contributed by atoms with Crippen molar-refractivity contribution in [3.8, 4) is 5.75 Å². The third-order valence-electron chi connectivity index (χ3n) is 5.49. The van der Waals surface area contributed by atoms with Gasteiger partial charge in [0.1, 0.15) is 5.75 Å². The summed E-state index contributed by atoms with van der Waals surface area (Å²) in [6.07, 6.45) is 2.90. The van der Waals surface area contributed by atoms with Crippen molar-refractivity contribution in [1.29, 1.82) is 0 Å². The predicted octanol–water partition coefficient (Wildman–Crippen LogP) is 4.10. The number of nitrogens with zero attached hydrogens (tertiary/aromatic N) is 1. The van der Waals surface area contributed by atoms with E-state index in [-0.39, 0.29) is 11.8 Å². The summed E-state index contributed by atoms with van der Waals surface area (Å²) in [5, 5.41) is 3.09. The number of rotatable bonds is 8. The Hall–Kier alpha value is -2.33. The van der Waals surface area contributed by atoms with Crippen molar-refractivity contribution in [2.75, 3.05) is 26.2 Å². The molecule has 4 heteroatoms. The number of nitrogens with one attached hydrogen (secondary N) is 1. The van der Waals surface area contributed by atoms with Gasteiger partial charge in [-0.15, -0.1) is 0 Å². The van der Waals surface area contributed by atoms with Gasteiger partial charge in [0.25, 0.3) is 0 Å². The van der Waals surface area contributed by atoms with Gasteiger partial charge < -0.3 is 15.0 Å². The van der Waals surface area contributed by atoms with E-state index in [4.69, 9.17) is 4.74 Å². The molecule has 0 atom stereocenters. The molecule has 1 fully saturated rings. The summed E-state index contributed by atoms with van der Waals surface area (Å²) in [5.41, 5.74) is 3.57. The van der Waals surface area contributed by atoms with Crippen molar-refractivity contribution in [3.63, 3.8) is 0 Å². The van der Waals surface area contributed by atoms with E-state index >= 15 is 0 Å². The van der Waals surface area contributed by atoms with E-state index in [2.05, 4.69) is 42.3 Å². The molecule has 1 amide bonds. The quantitative estimate of drug-likeness (QED) is 0.701. The highest BCUT2D eigenvalue weighted by molar-refractivity contribution is 5.78. The van der Waals surface area contributed by atoms with Crippen LogP contribution in [-0.2, 0) is 11.3 Å². The van der Waals surface area contributed by atoms with Gasteiger partial charge in [-0.3, -0.25) is 4.79 Å². The van der Waals surface area contributed by atoms with Crippen LogP contribution in [0.1, 0.15) is 36.0 Å². The molecule has 0 bridgehead atoms. The van der Waals surface area contributed by atoms with Crippen LogP contribution < -0.4 is 10.1 Å². The third-order valence-corrected chi connectivity index (χ3v) is 5.49. The Labute approximate surface area is 168 Å². The van der Waals surface area contributed by atoms with Crippen LogP contribution in [0.4, 0.5) is 0 Å². The Morgan fingerprint density at radius 1 is 1.11 bits per heavy atom. The van der Waals surface area contributed by atoms with Gasteiger partial charge in [0.05, 0.1) is 6.61 Å². The summed E-state index contributed by atoms with van der Waals surface area (Å²) in [5.74, 6) is 1.33.